The molecule has 0 saturated carbocycles. The second-order valence-corrected chi connectivity index (χ2v) is 5.55. The fraction of sp³-hybridized carbons (Fsp3) is 0.176. The van der Waals surface area contributed by atoms with Crippen molar-refractivity contribution >= 4 is 29.6 Å². The van der Waals surface area contributed by atoms with Crippen molar-refractivity contribution in [3.8, 4) is 0 Å². The van der Waals surface area contributed by atoms with Crippen molar-refractivity contribution in [1.29, 1.82) is 0 Å². The average molecular weight is 324 g/mol. The van der Waals surface area contributed by atoms with Crippen LogP contribution in [0.15, 0.2) is 36.2 Å². The molecule has 0 spiro atoms. The largest absolute Gasteiger partial charge is 0.352 e. The fourth-order valence-corrected chi connectivity index (χ4v) is 2.56. The van der Waals surface area contributed by atoms with E-state index >= 15 is 0 Å². The van der Waals surface area contributed by atoms with Gasteiger partial charge in [0.1, 0.15) is 5.57 Å². The Balaban J connectivity index is 2.06. The SMILES string of the molecule is Cc1cc(/C=C2\C(=O)NC(=O)N(c3cccnc3)C2=O)c(C)n1C. The number of urea groups is 1. The molecule has 2 aromatic heterocycles. The molecule has 0 aromatic carbocycles. The van der Waals surface area contributed by atoms with Crippen molar-refractivity contribution in [3.05, 3.63) is 53.1 Å². The first kappa shape index (κ1) is 15.7. The molecule has 0 radical (unpaired) electrons. The summed E-state index contributed by atoms with van der Waals surface area (Å²) in [5, 5.41) is 2.19. The number of barbiturate groups is 1. The van der Waals surface area contributed by atoms with Gasteiger partial charge < -0.3 is 4.57 Å². The highest BCUT2D eigenvalue weighted by molar-refractivity contribution is 6.39. The van der Waals surface area contributed by atoms with Crippen LogP contribution in [-0.2, 0) is 16.6 Å². The number of imide groups is 2. The topological polar surface area (TPSA) is 84.3 Å². The Labute approximate surface area is 138 Å². The number of carbonyl (C=O) groups is 3. The van der Waals surface area contributed by atoms with Crippen LogP contribution < -0.4 is 10.2 Å². The highest BCUT2D eigenvalue weighted by atomic mass is 16.2. The van der Waals surface area contributed by atoms with E-state index in [1.807, 2.05) is 31.5 Å². The second-order valence-electron chi connectivity index (χ2n) is 5.55. The Hall–Kier alpha value is -3.22. The molecule has 122 valence electrons. The molecule has 0 atom stereocenters. The lowest BCUT2D eigenvalue weighted by molar-refractivity contribution is -0.122. The second kappa shape index (κ2) is 5.77. The molecule has 7 heteroatoms. The summed E-state index contributed by atoms with van der Waals surface area (Å²) in [6.45, 7) is 3.83. The number of pyridine rings is 1. The number of aromatic nitrogens is 2. The van der Waals surface area contributed by atoms with E-state index in [1.165, 1.54) is 18.5 Å². The highest BCUT2D eigenvalue weighted by Gasteiger charge is 2.37. The van der Waals surface area contributed by atoms with Crippen LogP contribution in [0.4, 0.5) is 10.5 Å². The number of nitrogens with one attached hydrogen (secondary N) is 1. The van der Waals surface area contributed by atoms with Crippen molar-refractivity contribution in [2.45, 2.75) is 13.8 Å². The van der Waals surface area contributed by atoms with E-state index in [4.69, 9.17) is 0 Å². The summed E-state index contributed by atoms with van der Waals surface area (Å²) < 4.78 is 1.96. The molecule has 1 aliphatic heterocycles. The zero-order chi connectivity index (χ0) is 17.4. The number of hydrogen-bond donors (Lipinski definition) is 1. The normalized spacial score (nSPS) is 16.7. The van der Waals surface area contributed by atoms with Crippen LogP contribution in [-0.4, -0.2) is 27.4 Å². The minimum Gasteiger partial charge on any atom is -0.352 e. The minimum absolute atomic E-state index is 0.0906. The molecule has 3 heterocycles. The van der Waals surface area contributed by atoms with Crippen LogP contribution in [0.5, 0.6) is 0 Å². The summed E-state index contributed by atoms with van der Waals surface area (Å²) in [7, 11) is 1.90. The van der Waals surface area contributed by atoms with Gasteiger partial charge in [-0.2, -0.15) is 0 Å². The lowest BCUT2D eigenvalue weighted by Crippen LogP contribution is -2.54. The van der Waals surface area contributed by atoms with E-state index < -0.39 is 17.8 Å². The van der Waals surface area contributed by atoms with E-state index in [0.717, 1.165) is 21.9 Å². The first-order valence-electron chi connectivity index (χ1n) is 7.34. The van der Waals surface area contributed by atoms with Crippen molar-refractivity contribution in [2.24, 2.45) is 7.05 Å². The third-order valence-corrected chi connectivity index (χ3v) is 4.12. The van der Waals surface area contributed by atoms with E-state index in [-0.39, 0.29) is 5.57 Å². The maximum Gasteiger partial charge on any atom is 0.336 e. The van der Waals surface area contributed by atoms with Crippen molar-refractivity contribution < 1.29 is 14.4 Å². The Bertz CT molecular complexity index is 881. The molecule has 3 rings (SSSR count). The molecule has 2 aromatic rings. The van der Waals surface area contributed by atoms with Gasteiger partial charge in [-0.25, -0.2) is 9.69 Å². The van der Waals surface area contributed by atoms with Crippen LogP contribution in [0.1, 0.15) is 17.0 Å². The molecule has 0 unspecified atom stereocenters. The van der Waals surface area contributed by atoms with Crippen LogP contribution in [0, 0.1) is 13.8 Å². The quantitative estimate of drug-likeness (QED) is 0.673. The molecule has 4 amide bonds. The molecule has 1 saturated heterocycles. The minimum atomic E-state index is -0.781. The summed E-state index contributed by atoms with van der Waals surface area (Å²) in [6.07, 6.45) is 4.44. The number of aryl methyl sites for hydroxylation is 1. The molecular weight excluding hydrogens is 308 g/mol. The van der Waals surface area contributed by atoms with Crippen molar-refractivity contribution in [2.75, 3.05) is 4.90 Å². The van der Waals surface area contributed by atoms with Gasteiger partial charge in [0.25, 0.3) is 11.8 Å². The van der Waals surface area contributed by atoms with Gasteiger partial charge in [0.15, 0.2) is 0 Å². The van der Waals surface area contributed by atoms with Gasteiger partial charge in [-0.15, -0.1) is 0 Å². The first-order valence-corrected chi connectivity index (χ1v) is 7.34. The van der Waals surface area contributed by atoms with Gasteiger partial charge in [0.2, 0.25) is 0 Å². The smallest absolute Gasteiger partial charge is 0.336 e. The van der Waals surface area contributed by atoms with Crippen molar-refractivity contribution in [1.82, 2.24) is 14.9 Å². The average Bonchev–Trinajstić information content (AvgIpc) is 2.79. The van der Waals surface area contributed by atoms with Gasteiger partial charge in [0.05, 0.1) is 11.9 Å². The molecular formula is C17H16N4O3. The Morgan fingerprint density at radius 1 is 1.21 bits per heavy atom. The van der Waals surface area contributed by atoms with E-state index in [0.29, 0.717) is 5.69 Å². The summed E-state index contributed by atoms with van der Waals surface area (Å²) in [6, 6.07) is 4.29. The predicted octanol–water partition coefficient (Wildman–Crippen LogP) is 1.70. The Morgan fingerprint density at radius 2 is 1.96 bits per heavy atom. The molecule has 1 fully saturated rings. The Kier molecular flexibility index (Phi) is 3.76. The highest BCUT2D eigenvalue weighted by Crippen LogP contribution is 2.22. The zero-order valence-corrected chi connectivity index (χ0v) is 13.5. The third kappa shape index (κ3) is 2.50. The predicted molar refractivity (Wildman–Crippen MR) is 88.1 cm³/mol. The lowest BCUT2D eigenvalue weighted by Gasteiger charge is -2.25. The summed E-state index contributed by atoms with van der Waals surface area (Å²) in [5.41, 5.74) is 2.90. The Morgan fingerprint density at radius 3 is 2.54 bits per heavy atom. The fourth-order valence-electron chi connectivity index (χ4n) is 2.56. The first-order chi connectivity index (χ1) is 11.4. The van der Waals surface area contributed by atoms with Gasteiger partial charge in [-0.1, -0.05) is 0 Å². The van der Waals surface area contributed by atoms with Gasteiger partial charge in [-0.3, -0.25) is 19.9 Å². The van der Waals surface area contributed by atoms with E-state index in [9.17, 15) is 14.4 Å². The molecule has 24 heavy (non-hydrogen) atoms. The maximum absolute atomic E-state index is 12.7. The van der Waals surface area contributed by atoms with Crippen molar-refractivity contribution in [3.63, 3.8) is 0 Å². The molecule has 1 aliphatic rings. The van der Waals surface area contributed by atoms with Crippen LogP contribution >= 0.6 is 0 Å². The van der Waals surface area contributed by atoms with Gasteiger partial charge in [0, 0.05) is 24.6 Å². The molecule has 7 nitrogen and oxygen atoms in total. The number of rotatable bonds is 2. The number of nitrogens with zero attached hydrogens (tertiary/aromatic N) is 3. The number of anilines is 1. The number of amides is 4. The monoisotopic (exact) mass is 324 g/mol. The molecule has 0 bridgehead atoms. The van der Waals surface area contributed by atoms with E-state index in [1.54, 1.807) is 12.1 Å². The van der Waals surface area contributed by atoms with Crippen LogP contribution in [0.2, 0.25) is 0 Å². The summed E-state index contributed by atoms with van der Waals surface area (Å²) >= 11 is 0. The maximum atomic E-state index is 12.7. The van der Waals surface area contributed by atoms with Crippen LogP contribution in [0.3, 0.4) is 0 Å². The van der Waals surface area contributed by atoms with E-state index in [2.05, 4.69) is 10.3 Å². The summed E-state index contributed by atoms with van der Waals surface area (Å²) in [4.78, 5) is 41.7. The lowest BCUT2D eigenvalue weighted by atomic mass is 10.1. The third-order valence-electron chi connectivity index (χ3n) is 4.12. The number of hydrogen-bond acceptors (Lipinski definition) is 4. The van der Waals surface area contributed by atoms with Gasteiger partial charge in [-0.05, 0) is 43.7 Å². The molecule has 1 N–H and O–H groups in total. The summed E-state index contributed by atoms with van der Waals surface area (Å²) in [5.74, 6) is -1.37. The van der Waals surface area contributed by atoms with Gasteiger partial charge >= 0.3 is 6.03 Å². The standard InChI is InChI=1S/C17H16N4O3/c1-10-7-12(11(2)20(10)3)8-14-15(22)19-17(24)21(16(14)23)13-5-4-6-18-9-13/h4-9H,1-3H3,(H,19,22,24)/b14-8+. The zero-order valence-electron chi connectivity index (χ0n) is 13.5. The molecule has 0 aliphatic carbocycles. The van der Waals surface area contributed by atoms with Crippen LogP contribution in [0.25, 0.3) is 6.08 Å². The number of carbonyl (C=O) groups excluding carboxylic acids is 3.